The fraction of sp³-hybridized carbons (Fsp3) is 0.481. The van der Waals surface area contributed by atoms with Crippen molar-refractivity contribution >= 4 is 34.8 Å². The number of ether oxygens (including phenoxy) is 3. The lowest BCUT2D eigenvalue weighted by molar-refractivity contribution is -0.151. The third-order valence-electron chi connectivity index (χ3n) is 6.71. The Morgan fingerprint density at radius 3 is 2.51 bits per heavy atom. The average molecular weight is 528 g/mol. The van der Waals surface area contributed by atoms with Crippen LogP contribution in [0.5, 0.6) is 5.75 Å². The van der Waals surface area contributed by atoms with Gasteiger partial charge >= 0.3 is 11.9 Å². The Hall–Kier alpha value is -3.27. The largest absolute Gasteiger partial charge is 0.497 e. The summed E-state index contributed by atoms with van der Waals surface area (Å²) >= 11 is 1.44. The number of fused-ring (bicyclic) bond motifs is 1. The van der Waals surface area contributed by atoms with Crippen LogP contribution >= 0.6 is 11.8 Å². The van der Waals surface area contributed by atoms with Crippen LogP contribution < -0.4 is 4.74 Å². The zero-order valence-electron chi connectivity index (χ0n) is 21.7. The Bertz CT molecular complexity index is 1150. The molecule has 10 heteroatoms. The molecule has 0 aliphatic carbocycles. The van der Waals surface area contributed by atoms with Crippen molar-refractivity contribution in [3.05, 3.63) is 52.2 Å². The van der Waals surface area contributed by atoms with Gasteiger partial charge in [-0.05, 0) is 56.7 Å². The number of esters is 2. The molecule has 1 fully saturated rings. The molecule has 0 bridgehead atoms. The van der Waals surface area contributed by atoms with Crippen LogP contribution in [-0.4, -0.2) is 66.2 Å². The second-order valence-electron chi connectivity index (χ2n) is 8.97. The number of hydrogen-bond donors (Lipinski definition) is 0. The number of rotatable bonds is 8. The van der Waals surface area contributed by atoms with E-state index < -0.39 is 12.0 Å². The van der Waals surface area contributed by atoms with Gasteiger partial charge in [0, 0.05) is 18.8 Å². The van der Waals surface area contributed by atoms with Crippen LogP contribution in [-0.2, 0) is 23.9 Å². The minimum absolute atomic E-state index is 0.0243. The molecule has 1 atom stereocenters. The molecule has 0 aromatic heterocycles. The van der Waals surface area contributed by atoms with Crippen molar-refractivity contribution in [2.75, 3.05) is 33.4 Å². The van der Waals surface area contributed by atoms with Crippen LogP contribution in [0.1, 0.15) is 51.6 Å². The summed E-state index contributed by atoms with van der Waals surface area (Å²) in [5.41, 5.74) is 2.63. The van der Waals surface area contributed by atoms with Gasteiger partial charge < -0.3 is 24.0 Å². The van der Waals surface area contributed by atoms with E-state index in [0.29, 0.717) is 54.7 Å². The maximum atomic E-state index is 13.3. The lowest BCUT2D eigenvalue weighted by atomic mass is 9.93. The summed E-state index contributed by atoms with van der Waals surface area (Å²) in [6, 6.07) is 7.04. The summed E-state index contributed by atoms with van der Waals surface area (Å²) < 4.78 is 16.0. The SMILES string of the molecule is CCOC(=O)C1=C(C)N=C2SC=C(CC(=O)N3CCC(C(=O)OCC)CC3)N2C1c1cccc(OC)c1. The van der Waals surface area contributed by atoms with E-state index in [4.69, 9.17) is 14.2 Å². The van der Waals surface area contributed by atoms with Gasteiger partial charge in [-0.25, -0.2) is 9.79 Å². The number of carbonyl (C=O) groups is 3. The van der Waals surface area contributed by atoms with E-state index in [1.54, 1.807) is 32.8 Å². The molecule has 3 heterocycles. The molecule has 4 rings (SSSR count). The highest BCUT2D eigenvalue weighted by atomic mass is 32.2. The molecule has 3 aliphatic rings. The lowest BCUT2D eigenvalue weighted by Crippen LogP contribution is -2.42. The molecule has 1 saturated heterocycles. The van der Waals surface area contributed by atoms with E-state index in [-0.39, 0.29) is 30.8 Å². The van der Waals surface area contributed by atoms with Gasteiger partial charge in [-0.2, -0.15) is 0 Å². The molecular weight excluding hydrogens is 494 g/mol. The number of nitrogens with zero attached hydrogens (tertiary/aromatic N) is 3. The zero-order chi connectivity index (χ0) is 26.5. The molecule has 9 nitrogen and oxygen atoms in total. The summed E-state index contributed by atoms with van der Waals surface area (Å²) in [4.78, 5) is 47.0. The van der Waals surface area contributed by atoms with E-state index in [1.165, 1.54) is 11.8 Å². The zero-order valence-corrected chi connectivity index (χ0v) is 22.5. The number of benzene rings is 1. The molecule has 1 unspecified atom stereocenters. The highest BCUT2D eigenvalue weighted by molar-refractivity contribution is 8.16. The van der Waals surface area contributed by atoms with Crippen molar-refractivity contribution in [1.29, 1.82) is 0 Å². The quantitative estimate of drug-likeness (QED) is 0.468. The van der Waals surface area contributed by atoms with E-state index >= 15 is 0 Å². The molecule has 0 radical (unpaired) electrons. The fourth-order valence-electron chi connectivity index (χ4n) is 4.86. The first kappa shape index (κ1) is 26.8. The van der Waals surface area contributed by atoms with Gasteiger partial charge in [0.25, 0.3) is 0 Å². The average Bonchev–Trinajstić information content (AvgIpc) is 3.29. The highest BCUT2D eigenvalue weighted by Crippen LogP contribution is 2.45. The number of methoxy groups -OCH3 is 1. The number of amidine groups is 1. The Labute approximate surface area is 221 Å². The van der Waals surface area contributed by atoms with Crippen molar-refractivity contribution in [1.82, 2.24) is 9.80 Å². The third kappa shape index (κ3) is 5.69. The fourth-order valence-corrected chi connectivity index (χ4v) is 5.82. The second kappa shape index (κ2) is 11.9. The van der Waals surface area contributed by atoms with Crippen LogP contribution in [0.2, 0.25) is 0 Å². The van der Waals surface area contributed by atoms with Gasteiger partial charge in [-0.1, -0.05) is 23.9 Å². The summed E-state index contributed by atoms with van der Waals surface area (Å²) in [5.74, 6) is -0.138. The molecular formula is C27H33N3O6S. The number of piperidine rings is 1. The molecule has 0 saturated carbocycles. The number of thioether (sulfide) groups is 1. The van der Waals surface area contributed by atoms with Crippen molar-refractivity contribution in [3.8, 4) is 5.75 Å². The van der Waals surface area contributed by atoms with Crippen molar-refractivity contribution < 1.29 is 28.6 Å². The third-order valence-corrected chi connectivity index (χ3v) is 7.59. The summed E-state index contributed by atoms with van der Waals surface area (Å²) in [5, 5.41) is 2.64. The van der Waals surface area contributed by atoms with Gasteiger partial charge in [0.05, 0.1) is 50.0 Å². The summed E-state index contributed by atoms with van der Waals surface area (Å²) in [6.45, 7) is 7.00. The van der Waals surface area contributed by atoms with Gasteiger partial charge in [0.1, 0.15) is 5.75 Å². The number of hydrogen-bond acceptors (Lipinski definition) is 9. The molecule has 198 valence electrons. The molecule has 3 aliphatic heterocycles. The van der Waals surface area contributed by atoms with Gasteiger partial charge in [-0.3, -0.25) is 9.59 Å². The molecule has 1 aromatic rings. The predicted octanol–water partition coefficient (Wildman–Crippen LogP) is 4.03. The minimum Gasteiger partial charge on any atom is -0.497 e. The standard InChI is InChI=1S/C27H33N3O6S/c1-5-35-25(32)18-10-12-29(13-11-18)22(31)15-20-16-37-27-28-17(3)23(26(33)36-6-2)24(30(20)27)19-8-7-9-21(14-19)34-4/h7-9,14,16,18,24H,5-6,10-13,15H2,1-4H3. The normalized spacial score (nSPS) is 19.7. The Morgan fingerprint density at radius 1 is 1.11 bits per heavy atom. The van der Waals surface area contributed by atoms with Crippen molar-refractivity contribution in [3.63, 3.8) is 0 Å². The predicted molar refractivity (Wildman–Crippen MR) is 141 cm³/mol. The van der Waals surface area contributed by atoms with Crippen LogP contribution in [0.25, 0.3) is 0 Å². The Morgan fingerprint density at radius 2 is 1.84 bits per heavy atom. The molecule has 1 amide bonds. The van der Waals surface area contributed by atoms with E-state index in [9.17, 15) is 14.4 Å². The van der Waals surface area contributed by atoms with E-state index in [0.717, 1.165) is 11.3 Å². The monoisotopic (exact) mass is 527 g/mol. The number of likely N-dealkylation sites (tertiary alicyclic amines) is 1. The van der Waals surface area contributed by atoms with Crippen LogP contribution in [0.15, 0.2) is 51.6 Å². The topological polar surface area (TPSA) is 97.7 Å². The minimum atomic E-state index is -0.509. The molecule has 0 spiro atoms. The van der Waals surface area contributed by atoms with Crippen molar-refractivity contribution in [2.45, 2.75) is 46.1 Å². The Kier molecular flexibility index (Phi) is 8.58. The van der Waals surface area contributed by atoms with Gasteiger partial charge in [-0.15, -0.1) is 0 Å². The van der Waals surface area contributed by atoms with Crippen molar-refractivity contribution in [2.24, 2.45) is 10.9 Å². The first-order valence-electron chi connectivity index (χ1n) is 12.6. The Balaban J connectivity index is 1.57. The van der Waals surface area contributed by atoms with Gasteiger partial charge in [0.15, 0.2) is 5.17 Å². The van der Waals surface area contributed by atoms with Crippen LogP contribution in [0, 0.1) is 5.92 Å². The number of aliphatic imine (C=N–C) groups is 1. The van der Waals surface area contributed by atoms with Crippen LogP contribution in [0.3, 0.4) is 0 Å². The highest BCUT2D eigenvalue weighted by Gasteiger charge is 2.41. The van der Waals surface area contributed by atoms with Gasteiger partial charge in [0.2, 0.25) is 5.91 Å². The molecule has 1 aromatic carbocycles. The lowest BCUT2D eigenvalue weighted by Gasteiger charge is -2.37. The van der Waals surface area contributed by atoms with E-state index in [1.807, 2.05) is 34.6 Å². The first-order valence-corrected chi connectivity index (χ1v) is 13.5. The number of carbonyl (C=O) groups excluding carboxylic acids is 3. The summed E-state index contributed by atoms with van der Waals surface area (Å²) in [6.07, 6.45) is 1.35. The second-order valence-corrected chi connectivity index (χ2v) is 9.81. The first-order chi connectivity index (χ1) is 17.9. The summed E-state index contributed by atoms with van der Waals surface area (Å²) in [7, 11) is 1.60. The van der Waals surface area contributed by atoms with Crippen LogP contribution in [0.4, 0.5) is 0 Å². The molecule has 37 heavy (non-hydrogen) atoms. The number of allylic oxidation sites excluding steroid dienone is 1. The maximum absolute atomic E-state index is 13.3. The number of amides is 1. The smallest absolute Gasteiger partial charge is 0.338 e. The molecule has 0 N–H and O–H groups in total. The van der Waals surface area contributed by atoms with E-state index in [2.05, 4.69) is 4.99 Å². The maximum Gasteiger partial charge on any atom is 0.338 e.